The van der Waals surface area contributed by atoms with Gasteiger partial charge in [-0.25, -0.2) is 9.97 Å². The molecule has 1 aromatic heterocycles. The lowest BCUT2D eigenvalue weighted by Gasteiger charge is -2.23. The summed E-state index contributed by atoms with van der Waals surface area (Å²) >= 11 is 0. The van der Waals surface area contributed by atoms with Gasteiger partial charge in [-0.15, -0.1) is 0 Å². The smallest absolute Gasteiger partial charge is 0.225 e. The van der Waals surface area contributed by atoms with Crippen molar-refractivity contribution in [3.63, 3.8) is 0 Å². The summed E-state index contributed by atoms with van der Waals surface area (Å²) in [6.45, 7) is 4.06. The minimum absolute atomic E-state index is 0.602. The van der Waals surface area contributed by atoms with Gasteiger partial charge in [0.1, 0.15) is 13.2 Å². The van der Waals surface area contributed by atoms with E-state index in [1.165, 1.54) is 12.8 Å². The average Bonchev–Trinajstić information content (AvgIpc) is 3.16. The van der Waals surface area contributed by atoms with Crippen molar-refractivity contribution in [2.45, 2.75) is 19.4 Å². The molecule has 0 atom stereocenters. The molecule has 2 aliphatic rings. The van der Waals surface area contributed by atoms with E-state index >= 15 is 0 Å². The Morgan fingerprint density at radius 1 is 1.08 bits per heavy atom. The van der Waals surface area contributed by atoms with Gasteiger partial charge in [0, 0.05) is 38.1 Å². The van der Waals surface area contributed by atoms with Crippen molar-refractivity contribution < 1.29 is 9.47 Å². The van der Waals surface area contributed by atoms with E-state index in [4.69, 9.17) is 14.5 Å². The van der Waals surface area contributed by atoms with Crippen LogP contribution >= 0.6 is 0 Å². The van der Waals surface area contributed by atoms with Crippen LogP contribution in [0.5, 0.6) is 11.5 Å². The fourth-order valence-electron chi connectivity index (χ4n) is 3.15. The molecular formula is C18H22N4O2. The molecule has 0 unspecified atom stereocenters. The van der Waals surface area contributed by atoms with Gasteiger partial charge < -0.3 is 19.3 Å². The van der Waals surface area contributed by atoms with Crippen molar-refractivity contribution in [3.05, 3.63) is 36.2 Å². The number of aromatic nitrogens is 2. The second-order valence-electron chi connectivity index (χ2n) is 6.23. The Morgan fingerprint density at radius 3 is 2.71 bits per heavy atom. The van der Waals surface area contributed by atoms with Crippen molar-refractivity contribution >= 4 is 11.6 Å². The van der Waals surface area contributed by atoms with E-state index in [0.717, 1.165) is 48.5 Å². The van der Waals surface area contributed by atoms with Crippen molar-refractivity contribution in [1.29, 1.82) is 0 Å². The highest BCUT2D eigenvalue weighted by Crippen LogP contribution is 2.34. The Bertz CT molecular complexity index is 716. The van der Waals surface area contributed by atoms with E-state index in [1.54, 1.807) is 0 Å². The molecule has 0 N–H and O–H groups in total. The first-order valence-corrected chi connectivity index (χ1v) is 8.47. The third-order valence-corrected chi connectivity index (χ3v) is 4.46. The molecule has 2 aromatic rings. The summed E-state index contributed by atoms with van der Waals surface area (Å²) in [4.78, 5) is 13.6. The van der Waals surface area contributed by atoms with Crippen LogP contribution < -0.4 is 19.3 Å². The van der Waals surface area contributed by atoms with Gasteiger partial charge in [0.05, 0.1) is 12.2 Å². The lowest BCUT2D eigenvalue weighted by atomic mass is 10.2. The maximum atomic E-state index is 5.67. The third kappa shape index (κ3) is 3.09. The predicted molar refractivity (Wildman–Crippen MR) is 93.0 cm³/mol. The summed E-state index contributed by atoms with van der Waals surface area (Å²) < 4.78 is 11.2. The second kappa shape index (κ2) is 6.55. The van der Waals surface area contributed by atoms with E-state index in [1.807, 2.05) is 24.4 Å². The molecule has 1 fully saturated rings. The standard InChI is InChI=1S/C18H22N4O2/c1-21(15-4-5-16-17(12-15)24-11-10-23-16)13-14-6-7-19-18(20-14)22-8-2-3-9-22/h4-7,12H,2-3,8-11,13H2,1H3. The van der Waals surface area contributed by atoms with Gasteiger partial charge in [-0.05, 0) is 31.0 Å². The van der Waals surface area contributed by atoms with Crippen LogP contribution in [0.4, 0.5) is 11.6 Å². The van der Waals surface area contributed by atoms with Crippen molar-refractivity contribution in [2.75, 3.05) is 43.2 Å². The minimum Gasteiger partial charge on any atom is -0.486 e. The van der Waals surface area contributed by atoms with Gasteiger partial charge in [0.25, 0.3) is 0 Å². The second-order valence-corrected chi connectivity index (χ2v) is 6.23. The number of nitrogens with zero attached hydrogens (tertiary/aromatic N) is 4. The van der Waals surface area contributed by atoms with Gasteiger partial charge in [-0.2, -0.15) is 0 Å². The molecule has 0 saturated carbocycles. The number of hydrogen-bond donors (Lipinski definition) is 0. The van der Waals surface area contributed by atoms with Gasteiger partial charge in [0.2, 0.25) is 5.95 Å². The summed E-state index contributed by atoms with van der Waals surface area (Å²) in [6, 6.07) is 8.03. The third-order valence-electron chi connectivity index (χ3n) is 4.46. The molecule has 24 heavy (non-hydrogen) atoms. The number of ether oxygens (including phenoxy) is 2. The molecule has 0 spiro atoms. The minimum atomic E-state index is 0.602. The molecule has 0 amide bonds. The quantitative estimate of drug-likeness (QED) is 0.860. The van der Waals surface area contributed by atoms with Gasteiger partial charge in [0.15, 0.2) is 11.5 Å². The number of benzene rings is 1. The molecule has 4 rings (SSSR count). The Balaban J connectivity index is 1.49. The lowest BCUT2D eigenvalue weighted by molar-refractivity contribution is 0.171. The topological polar surface area (TPSA) is 50.7 Å². The normalized spacial score (nSPS) is 16.3. The number of hydrogen-bond acceptors (Lipinski definition) is 6. The molecule has 6 heteroatoms. The summed E-state index contributed by atoms with van der Waals surface area (Å²) in [5.41, 5.74) is 2.10. The van der Waals surface area contributed by atoms with Crippen LogP contribution in [0.2, 0.25) is 0 Å². The Labute approximate surface area is 142 Å². The van der Waals surface area contributed by atoms with Gasteiger partial charge >= 0.3 is 0 Å². The highest BCUT2D eigenvalue weighted by molar-refractivity contribution is 5.56. The van der Waals surface area contributed by atoms with Crippen LogP contribution in [0.25, 0.3) is 0 Å². The Kier molecular flexibility index (Phi) is 4.11. The Morgan fingerprint density at radius 2 is 1.88 bits per heavy atom. The first-order valence-electron chi connectivity index (χ1n) is 8.47. The van der Waals surface area contributed by atoms with Gasteiger partial charge in [-0.1, -0.05) is 0 Å². The van der Waals surface area contributed by atoms with E-state index in [0.29, 0.717) is 13.2 Å². The molecule has 6 nitrogen and oxygen atoms in total. The van der Waals surface area contributed by atoms with Crippen molar-refractivity contribution in [1.82, 2.24) is 9.97 Å². The highest BCUT2D eigenvalue weighted by atomic mass is 16.6. The van der Waals surface area contributed by atoms with Crippen LogP contribution in [-0.2, 0) is 6.54 Å². The maximum Gasteiger partial charge on any atom is 0.225 e. The molecule has 0 aliphatic carbocycles. The summed E-state index contributed by atoms with van der Waals surface area (Å²) in [6.07, 6.45) is 4.31. The largest absolute Gasteiger partial charge is 0.486 e. The maximum absolute atomic E-state index is 5.67. The van der Waals surface area contributed by atoms with Crippen LogP contribution in [0.1, 0.15) is 18.5 Å². The first kappa shape index (κ1) is 15.1. The van der Waals surface area contributed by atoms with Gasteiger partial charge in [-0.3, -0.25) is 0 Å². The zero-order valence-electron chi connectivity index (χ0n) is 13.9. The van der Waals surface area contributed by atoms with Crippen LogP contribution in [0.3, 0.4) is 0 Å². The van der Waals surface area contributed by atoms with Crippen LogP contribution in [-0.4, -0.2) is 43.3 Å². The Hall–Kier alpha value is -2.50. The predicted octanol–water partition coefficient (Wildman–Crippen LogP) is 2.48. The van der Waals surface area contributed by atoms with E-state index in [9.17, 15) is 0 Å². The van der Waals surface area contributed by atoms with Crippen LogP contribution in [0, 0.1) is 0 Å². The molecule has 0 radical (unpaired) electrons. The van der Waals surface area contributed by atoms with Crippen molar-refractivity contribution in [3.8, 4) is 11.5 Å². The van der Waals surface area contributed by atoms with Crippen LogP contribution in [0.15, 0.2) is 30.5 Å². The fourth-order valence-corrected chi connectivity index (χ4v) is 3.15. The lowest BCUT2D eigenvalue weighted by Crippen LogP contribution is -2.23. The molecule has 126 valence electrons. The molecule has 1 aromatic carbocycles. The zero-order valence-corrected chi connectivity index (χ0v) is 13.9. The summed E-state index contributed by atoms with van der Waals surface area (Å²) in [7, 11) is 2.06. The zero-order chi connectivity index (χ0) is 16.4. The highest BCUT2D eigenvalue weighted by Gasteiger charge is 2.16. The van der Waals surface area contributed by atoms with Crippen molar-refractivity contribution in [2.24, 2.45) is 0 Å². The number of fused-ring (bicyclic) bond motifs is 1. The molecule has 1 saturated heterocycles. The fraction of sp³-hybridized carbons (Fsp3) is 0.444. The van der Waals surface area contributed by atoms with E-state index in [2.05, 4.69) is 27.9 Å². The monoisotopic (exact) mass is 326 g/mol. The molecule has 2 aliphatic heterocycles. The summed E-state index contributed by atoms with van der Waals surface area (Å²) in [5, 5.41) is 0. The first-order chi connectivity index (χ1) is 11.8. The number of rotatable bonds is 4. The number of anilines is 2. The van der Waals surface area contributed by atoms with E-state index in [-0.39, 0.29) is 0 Å². The molecule has 3 heterocycles. The van der Waals surface area contributed by atoms with E-state index < -0.39 is 0 Å². The molecule has 0 bridgehead atoms. The average molecular weight is 326 g/mol. The molecular weight excluding hydrogens is 304 g/mol. The summed E-state index contributed by atoms with van der Waals surface area (Å²) in [5.74, 6) is 2.48. The SMILES string of the molecule is CN(Cc1ccnc(N2CCCC2)n1)c1ccc2c(c1)OCCO2.